The van der Waals surface area contributed by atoms with Crippen molar-refractivity contribution in [2.75, 3.05) is 0 Å². The molecule has 0 aromatic carbocycles. The van der Waals surface area contributed by atoms with Gasteiger partial charge in [-0.3, -0.25) is 4.79 Å². The maximum Gasteiger partial charge on any atom is 0.310 e. The maximum absolute atomic E-state index is 11.0. The van der Waals surface area contributed by atoms with Crippen molar-refractivity contribution in [3.05, 3.63) is 23.7 Å². The minimum atomic E-state index is -0.804. The molecule has 0 spiro atoms. The van der Waals surface area contributed by atoms with Gasteiger partial charge in [-0.05, 0) is 18.9 Å². The van der Waals surface area contributed by atoms with Crippen LogP contribution in [0.2, 0.25) is 0 Å². The molecule has 3 N–H and O–H groups in total. The highest BCUT2D eigenvalue weighted by Gasteiger charge is 2.55. The lowest BCUT2D eigenvalue weighted by Crippen LogP contribution is -2.25. The van der Waals surface area contributed by atoms with Gasteiger partial charge in [0, 0.05) is 12.3 Å². The molecule has 1 saturated carbocycles. The smallest absolute Gasteiger partial charge is 0.310 e. The van der Waals surface area contributed by atoms with E-state index in [1.165, 1.54) is 6.08 Å². The van der Waals surface area contributed by atoms with E-state index in [-0.39, 0.29) is 23.9 Å². The van der Waals surface area contributed by atoms with Crippen LogP contribution < -0.4 is 0 Å². The number of rotatable bonds is 2. The summed E-state index contributed by atoms with van der Waals surface area (Å²) < 4.78 is 0. The minimum absolute atomic E-state index is 0.106. The van der Waals surface area contributed by atoms with E-state index < -0.39 is 11.4 Å². The molecule has 0 aromatic rings. The Kier molecular flexibility index (Phi) is 1.80. The van der Waals surface area contributed by atoms with Gasteiger partial charge in [-0.15, -0.1) is 0 Å². The molecule has 4 heteroatoms. The van der Waals surface area contributed by atoms with Gasteiger partial charge in [-0.2, -0.15) is 0 Å². The molecule has 0 bridgehead atoms. The van der Waals surface area contributed by atoms with Gasteiger partial charge >= 0.3 is 5.97 Å². The number of allylic oxidation sites excluding steroid dienone is 3. The van der Waals surface area contributed by atoms with Gasteiger partial charge in [0.1, 0.15) is 5.76 Å². The third-order valence-electron chi connectivity index (χ3n) is 3.12. The SMILES string of the molecule is O=C(O)C1(C2C=CC(O)=C(O)C2)CC1. The van der Waals surface area contributed by atoms with Crippen LogP contribution in [0.4, 0.5) is 0 Å². The van der Waals surface area contributed by atoms with Crippen molar-refractivity contribution >= 4 is 5.97 Å². The fourth-order valence-electron chi connectivity index (χ4n) is 1.94. The van der Waals surface area contributed by atoms with Crippen molar-refractivity contribution in [3.63, 3.8) is 0 Å². The highest BCUT2D eigenvalue weighted by atomic mass is 16.4. The number of aliphatic carboxylic acids is 1. The van der Waals surface area contributed by atoms with Crippen LogP contribution in [0.25, 0.3) is 0 Å². The Morgan fingerprint density at radius 3 is 2.50 bits per heavy atom. The molecule has 2 aliphatic rings. The first-order valence-electron chi connectivity index (χ1n) is 4.59. The largest absolute Gasteiger partial charge is 0.508 e. The molecule has 4 nitrogen and oxygen atoms in total. The van der Waals surface area contributed by atoms with E-state index in [2.05, 4.69) is 0 Å². The fraction of sp³-hybridized carbons (Fsp3) is 0.500. The second-order valence-electron chi connectivity index (χ2n) is 3.96. The molecule has 0 heterocycles. The van der Waals surface area contributed by atoms with Gasteiger partial charge in [0.05, 0.1) is 5.41 Å². The van der Waals surface area contributed by atoms with Crippen LogP contribution in [0.3, 0.4) is 0 Å². The zero-order chi connectivity index (χ0) is 10.3. The lowest BCUT2D eigenvalue weighted by molar-refractivity contribution is -0.145. The zero-order valence-corrected chi connectivity index (χ0v) is 7.60. The van der Waals surface area contributed by atoms with Gasteiger partial charge in [0.2, 0.25) is 0 Å². The Morgan fingerprint density at radius 2 is 2.07 bits per heavy atom. The first-order chi connectivity index (χ1) is 6.56. The van der Waals surface area contributed by atoms with E-state index in [0.29, 0.717) is 12.8 Å². The van der Waals surface area contributed by atoms with E-state index in [4.69, 9.17) is 10.2 Å². The van der Waals surface area contributed by atoms with E-state index >= 15 is 0 Å². The lowest BCUT2D eigenvalue weighted by atomic mass is 9.83. The summed E-state index contributed by atoms with van der Waals surface area (Å²) in [5.41, 5.74) is -0.689. The zero-order valence-electron chi connectivity index (χ0n) is 7.60. The second kappa shape index (κ2) is 2.77. The van der Waals surface area contributed by atoms with Crippen LogP contribution in [-0.2, 0) is 4.79 Å². The van der Waals surface area contributed by atoms with Crippen LogP contribution >= 0.6 is 0 Å². The van der Waals surface area contributed by atoms with E-state index in [1.54, 1.807) is 6.08 Å². The summed E-state index contributed by atoms with van der Waals surface area (Å²) in [7, 11) is 0. The standard InChI is InChI=1S/C10H12O4/c11-7-2-1-6(5-8(7)12)10(3-4-10)9(13)14/h1-2,6,11-12H,3-5H2,(H,13,14). The first kappa shape index (κ1) is 9.12. The summed E-state index contributed by atoms with van der Waals surface area (Å²) in [4.78, 5) is 11.0. The number of aliphatic hydroxyl groups excluding tert-OH is 2. The topological polar surface area (TPSA) is 77.8 Å². The molecule has 0 amide bonds. The van der Waals surface area contributed by atoms with Crippen molar-refractivity contribution in [3.8, 4) is 0 Å². The lowest BCUT2D eigenvalue weighted by Gasteiger charge is -2.22. The Morgan fingerprint density at radius 1 is 1.43 bits per heavy atom. The quantitative estimate of drug-likeness (QED) is 0.628. The normalized spacial score (nSPS) is 29.0. The Balaban J connectivity index is 2.18. The number of hydrogen-bond acceptors (Lipinski definition) is 3. The van der Waals surface area contributed by atoms with Crippen LogP contribution in [0.1, 0.15) is 19.3 Å². The molecule has 2 rings (SSSR count). The number of hydrogen-bond donors (Lipinski definition) is 3. The highest BCUT2D eigenvalue weighted by Crippen LogP contribution is 2.55. The Bertz CT molecular complexity index is 336. The molecule has 14 heavy (non-hydrogen) atoms. The predicted molar refractivity (Wildman–Crippen MR) is 48.8 cm³/mol. The third kappa shape index (κ3) is 1.18. The van der Waals surface area contributed by atoms with Gasteiger partial charge < -0.3 is 15.3 Å². The van der Waals surface area contributed by atoms with E-state index in [0.717, 1.165) is 0 Å². The number of aliphatic hydroxyl groups is 2. The molecule has 1 unspecified atom stereocenters. The average Bonchev–Trinajstić information content (AvgIpc) is 2.90. The summed E-state index contributed by atoms with van der Waals surface area (Å²) in [6, 6.07) is 0. The number of carboxylic acids is 1. The van der Waals surface area contributed by atoms with Gasteiger partial charge in [-0.25, -0.2) is 0 Å². The van der Waals surface area contributed by atoms with E-state index in [1.807, 2.05) is 0 Å². The van der Waals surface area contributed by atoms with Crippen LogP contribution in [0, 0.1) is 11.3 Å². The molecule has 1 atom stereocenters. The summed E-state index contributed by atoms with van der Waals surface area (Å²) in [6.07, 6.45) is 4.61. The Hall–Kier alpha value is -1.45. The fourth-order valence-corrected chi connectivity index (χ4v) is 1.94. The van der Waals surface area contributed by atoms with Crippen LogP contribution in [0.5, 0.6) is 0 Å². The maximum atomic E-state index is 11.0. The van der Waals surface area contributed by atoms with Gasteiger partial charge in [-0.1, -0.05) is 6.08 Å². The predicted octanol–water partition coefficient (Wildman–Crippen LogP) is 1.75. The molecule has 76 valence electrons. The number of carbonyl (C=O) groups is 1. The third-order valence-corrected chi connectivity index (χ3v) is 3.12. The average molecular weight is 196 g/mol. The van der Waals surface area contributed by atoms with Crippen molar-refractivity contribution in [2.24, 2.45) is 11.3 Å². The molecule has 1 fully saturated rings. The van der Waals surface area contributed by atoms with Crippen LogP contribution in [-0.4, -0.2) is 21.3 Å². The minimum Gasteiger partial charge on any atom is -0.508 e. The molecule has 0 aliphatic heterocycles. The van der Waals surface area contributed by atoms with Crippen LogP contribution in [0.15, 0.2) is 23.7 Å². The van der Waals surface area contributed by atoms with Gasteiger partial charge in [0.15, 0.2) is 5.76 Å². The molecule has 0 radical (unpaired) electrons. The first-order valence-corrected chi connectivity index (χ1v) is 4.59. The summed E-state index contributed by atoms with van der Waals surface area (Å²) in [5.74, 6) is -1.25. The Labute approximate surface area is 81.2 Å². The van der Waals surface area contributed by atoms with Crippen molar-refractivity contribution < 1.29 is 20.1 Å². The molecule has 2 aliphatic carbocycles. The molecule has 0 aromatic heterocycles. The molecular formula is C10H12O4. The van der Waals surface area contributed by atoms with E-state index in [9.17, 15) is 9.90 Å². The van der Waals surface area contributed by atoms with Gasteiger partial charge in [0.25, 0.3) is 0 Å². The summed E-state index contributed by atoms with van der Waals surface area (Å²) >= 11 is 0. The molecule has 0 saturated heterocycles. The second-order valence-corrected chi connectivity index (χ2v) is 3.96. The van der Waals surface area contributed by atoms with Crippen molar-refractivity contribution in [2.45, 2.75) is 19.3 Å². The molecular weight excluding hydrogens is 184 g/mol. The van der Waals surface area contributed by atoms with Crippen molar-refractivity contribution in [1.82, 2.24) is 0 Å². The highest BCUT2D eigenvalue weighted by molar-refractivity contribution is 5.78. The summed E-state index contributed by atoms with van der Waals surface area (Å²) in [5, 5.41) is 27.4. The summed E-state index contributed by atoms with van der Waals surface area (Å²) in [6.45, 7) is 0. The number of carboxylic acid groups (broad SMARTS) is 1. The monoisotopic (exact) mass is 196 g/mol. The van der Waals surface area contributed by atoms with Crippen molar-refractivity contribution in [1.29, 1.82) is 0 Å².